The maximum Gasteiger partial charge on any atom is 0.332 e. The van der Waals surface area contributed by atoms with Gasteiger partial charge in [0.2, 0.25) is 11.8 Å². The molecule has 0 aromatic heterocycles. The number of hydrogen-bond acceptors (Lipinski definition) is 3. The number of hydrogen-bond donors (Lipinski definition) is 2. The Morgan fingerprint density at radius 2 is 1.60 bits per heavy atom. The van der Waals surface area contributed by atoms with E-state index in [4.69, 9.17) is 11.5 Å². The molecule has 2 rings (SSSR count). The van der Waals surface area contributed by atoms with Crippen molar-refractivity contribution in [3.05, 3.63) is 70.3 Å². The number of amides is 2. The molecule has 25 heavy (non-hydrogen) atoms. The molecule has 2 amide bonds. The highest BCUT2D eigenvalue weighted by Gasteiger charge is 2.20. The van der Waals surface area contributed by atoms with Crippen molar-refractivity contribution < 1.29 is 14.2 Å². The van der Waals surface area contributed by atoms with Crippen LogP contribution in [0.5, 0.6) is 0 Å². The average Bonchev–Trinajstić information content (AvgIpc) is 2.61. The van der Waals surface area contributed by atoms with E-state index in [1.54, 1.807) is 42.5 Å². The van der Waals surface area contributed by atoms with Crippen LogP contribution in [-0.2, 0) is 4.57 Å². The summed E-state index contributed by atoms with van der Waals surface area (Å²) in [5.41, 5.74) is 13.9. The predicted molar refractivity (Wildman–Crippen MR) is 101 cm³/mol. The number of benzene rings is 2. The highest BCUT2D eigenvalue weighted by atomic mass is 31.1. The monoisotopic (exact) mass is 355 g/mol. The Labute approximate surface area is 147 Å². The Kier molecular flexibility index (Phi) is 6.20. The molecule has 0 spiro atoms. The smallest absolute Gasteiger partial charge is 0.332 e. The van der Waals surface area contributed by atoms with Crippen LogP contribution in [0.15, 0.2) is 42.5 Å². The topological polar surface area (TPSA) is 103 Å². The van der Waals surface area contributed by atoms with E-state index >= 15 is 0 Å². The molecule has 2 atom stereocenters. The second kappa shape index (κ2) is 8.36. The van der Waals surface area contributed by atoms with Crippen molar-refractivity contribution in [2.75, 3.05) is 0 Å². The normalized spacial score (nSPS) is 12.4. The number of primary amides is 2. The van der Waals surface area contributed by atoms with Gasteiger partial charge in [-0.05, 0) is 41.8 Å². The second-order valence-electron chi connectivity index (χ2n) is 5.61. The van der Waals surface area contributed by atoms with E-state index in [1.165, 1.54) is 0 Å². The summed E-state index contributed by atoms with van der Waals surface area (Å²) in [5.74, 6) is -0.981. The standard InChI is InChI=1S/C19H19N2O3P/c1-2-17(25-24)16-11-15(19(21)23)10-9-13(16)6-3-12-4-7-14(8-5-12)18(20)22/h3-11,17H,2H2,1H3,(H2,20,22)(H2,21,23)/p+1. The molecule has 0 aliphatic carbocycles. The van der Waals surface area contributed by atoms with Crippen LogP contribution in [0, 0.1) is 0 Å². The van der Waals surface area contributed by atoms with Crippen molar-refractivity contribution in [1.29, 1.82) is 0 Å². The predicted octanol–water partition coefficient (Wildman–Crippen LogP) is 3.53. The van der Waals surface area contributed by atoms with Gasteiger partial charge in [0.25, 0.3) is 0 Å². The van der Waals surface area contributed by atoms with Crippen LogP contribution in [0.3, 0.4) is 0 Å². The molecule has 0 saturated heterocycles. The largest absolute Gasteiger partial charge is 0.366 e. The molecule has 0 saturated carbocycles. The van der Waals surface area contributed by atoms with Crippen LogP contribution < -0.4 is 11.5 Å². The summed E-state index contributed by atoms with van der Waals surface area (Å²) in [6.45, 7) is 1.95. The zero-order valence-corrected chi connectivity index (χ0v) is 14.9. The number of carbonyl (C=O) groups is 2. The van der Waals surface area contributed by atoms with Crippen LogP contribution >= 0.6 is 8.46 Å². The van der Waals surface area contributed by atoms with E-state index in [0.29, 0.717) is 17.5 Å². The average molecular weight is 355 g/mol. The molecule has 4 N–H and O–H groups in total. The molecule has 128 valence electrons. The lowest BCUT2D eigenvalue weighted by atomic mass is 9.98. The van der Waals surface area contributed by atoms with E-state index in [2.05, 4.69) is 0 Å². The molecule has 0 heterocycles. The molecular formula is C19H20N2O3P+. The lowest BCUT2D eigenvalue weighted by Gasteiger charge is -2.08. The maximum absolute atomic E-state index is 11.5. The molecular weight excluding hydrogens is 335 g/mol. The summed E-state index contributed by atoms with van der Waals surface area (Å²) in [6, 6.07) is 12.1. The maximum atomic E-state index is 11.5. The molecule has 0 fully saturated rings. The van der Waals surface area contributed by atoms with Gasteiger partial charge in [-0.15, -0.1) is 0 Å². The van der Waals surface area contributed by atoms with Crippen LogP contribution in [0.25, 0.3) is 12.2 Å². The zero-order chi connectivity index (χ0) is 18.4. The third-order valence-electron chi connectivity index (χ3n) is 3.95. The molecule has 0 radical (unpaired) electrons. The van der Waals surface area contributed by atoms with Crippen molar-refractivity contribution in [2.45, 2.75) is 19.0 Å². The van der Waals surface area contributed by atoms with E-state index in [9.17, 15) is 14.2 Å². The Balaban J connectivity index is 2.38. The zero-order valence-electron chi connectivity index (χ0n) is 13.9. The highest BCUT2D eigenvalue weighted by molar-refractivity contribution is 7.24. The van der Waals surface area contributed by atoms with Crippen molar-refractivity contribution in [2.24, 2.45) is 11.5 Å². The molecule has 0 aliphatic rings. The third kappa shape index (κ3) is 4.61. The quantitative estimate of drug-likeness (QED) is 0.586. The minimum Gasteiger partial charge on any atom is -0.366 e. The summed E-state index contributed by atoms with van der Waals surface area (Å²) in [5, 5.41) is 0. The van der Waals surface area contributed by atoms with Gasteiger partial charge in [-0.3, -0.25) is 9.59 Å². The first kappa shape index (κ1) is 18.6. The third-order valence-corrected chi connectivity index (χ3v) is 4.95. The summed E-state index contributed by atoms with van der Waals surface area (Å²) >= 11 is 0. The lowest BCUT2D eigenvalue weighted by Crippen LogP contribution is -2.11. The summed E-state index contributed by atoms with van der Waals surface area (Å²) in [7, 11) is -0.508. The Morgan fingerprint density at radius 3 is 2.12 bits per heavy atom. The van der Waals surface area contributed by atoms with Crippen molar-refractivity contribution >= 4 is 32.4 Å². The Bertz CT molecular complexity index is 829. The number of nitrogens with two attached hydrogens (primary N) is 2. The Hall–Kier alpha value is -2.78. The second-order valence-corrected chi connectivity index (χ2v) is 6.54. The van der Waals surface area contributed by atoms with Gasteiger partial charge in [0.15, 0.2) is 5.66 Å². The molecule has 5 nitrogen and oxygen atoms in total. The van der Waals surface area contributed by atoms with Gasteiger partial charge >= 0.3 is 8.46 Å². The van der Waals surface area contributed by atoms with E-state index in [-0.39, 0.29) is 5.66 Å². The van der Waals surface area contributed by atoms with Gasteiger partial charge in [0, 0.05) is 16.7 Å². The van der Waals surface area contributed by atoms with Gasteiger partial charge in [0.1, 0.15) is 0 Å². The van der Waals surface area contributed by atoms with Crippen LogP contribution in [0.4, 0.5) is 0 Å². The molecule has 2 unspecified atom stereocenters. The van der Waals surface area contributed by atoms with Gasteiger partial charge in [0.05, 0.1) is 0 Å². The van der Waals surface area contributed by atoms with Crippen LogP contribution in [0.2, 0.25) is 0 Å². The molecule has 6 heteroatoms. The fourth-order valence-corrected chi connectivity index (χ4v) is 3.04. The van der Waals surface area contributed by atoms with E-state index in [1.807, 2.05) is 19.1 Å². The van der Waals surface area contributed by atoms with Crippen molar-refractivity contribution in [3.63, 3.8) is 0 Å². The lowest BCUT2D eigenvalue weighted by molar-refractivity contribution is 0.0992. The first-order chi connectivity index (χ1) is 12.0. The van der Waals surface area contributed by atoms with Gasteiger partial charge < -0.3 is 11.5 Å². The Morgan fingerprint density at radius 1 is 1.00 bits per heavy atom. The van der Waals surface area contributed by atoms with E-state index < -0.39 is 20.3 Å². The SMILES string of the molecule is CCC([PH+]=O)c1cc(C(N)=O)ccc1C=Cc1ccc(C(N)=O)cc1. The molecule has 0 aliphatic heterocycles. The minimum atomic E-state index is -0.511. The van der Waals surface area contributed by atoms with Gasteiger partial charge in [-0.25, -0.2) is 0 Å². The molecule has 2 aromatic carbocycles. The van der Waals surface area contributed by atoms with Crippen LogP contribution in [-0.4, -0.2) is 11.8 Å². The van der Waals surface area contributed by atoms with E-state index in [0.717, 1.165) is 16.7 Å². The van der Waals surface area contributed by atoms with Crippen molar-refractivity contribution in [3.8, 4) is 0 Å². The first-order valence-corrected chi connectivity index (χ1v) is 8.84. The summed E-state index contributed by atoms with van der Waals surface area (Å²) in [4.78, 5) is 22.5. The number of rotatable bonds is 7. The minimum absolute atomic E-state index is 0.156. The van der Waals surface area contributed by atoms with Gasteiger partial charge in [-0.2, -0.15) is 0 Å². The van der Waals surface area contributed by atoms with Crippen LogP contribution in [0.1, 0.15) is 56.4 Å². The highest BCUT2D eigenvalue weighted by Crippen LogP contribution is 2.34. The summed E-state index contributed by atoms with van der Waals surface area (Å²) in [6.07, 6.45) is 4.47. The molecule has 2 aromatic rings. The first-order valence-electron chi connectivity index (χ1n) is 7.85. The summed E-state index contributed by atoms with van der Waals surface area (Å²) < 4.78 is 11.5. The van der Waals surface area contributed by atoms with Crippen molar-refractivity contribution in [1.82, 2.24) is 0 Å². The fraction of sp³-hybridized carbons (Fsp3) is 0.158. The molecule has 0 bridgehead atoms. The fourth-order valence-electron chi connectivity index (χ4n) is 2.49. The number of carbonyl (C=O) groups excluding carboxylic acids is 2. The van der Waals surface area contributed by atoms with Gasteiger partial charge in [-0.1, -0.05) is 41.8 Å².